The zero-order chi connectivity index (χ0) is 24.2. The number of halogens is 6. The van der Waals surface area contributed by atoms with Crippen LogP contribution in [-0.2, 0) is 6.18 Å². The van der Waals surface area contributed by atoms with E-state index in [4.69, 9.17) is 34.8 Å². The Morgan fingerprint density at radius 2 is 1.68 bits per heavy atom. The van der Waals surface area contributed by atoms with Gasteiger partial charge in [0.05, 0.1) is 22.0 Å². The number of hydrogen-bond donors (Lipinski definition) is 1. The van der Waals surface area contributed by atoms with Crippen molar-refractivity contribution in [1.29, 1.82) is 0 Å². The maximum absolute atomic E-state index is 13.9. The number of fused-ring (bicyclic) bond motifs is 1. The number of rotatable bonds is 4. The van der Waals surface area contributed by atoms with Crippen LogP contribution >= 0.6 is 34.8 Å². The number of benzene rings is 2. The van der Waals surface area contributed by atoms with Crippen LogP contribution in [0.25, 0.3) is 28.0 Å². The van der Waals surface area contributed by atoms with Crippen molar-refractivity contribution in [3.8, 4) is 16.9 Å². The lowest BCUT2D eigenvalue weighted by atomic mass is 10.0. The molecular weight excluding hydrogens is 512 g/mol. The molecule has 11 heteroatoms. The van der Waals surface area contributed by atoms with Gasteiger partial charge in [-0.1, -0.05) is 46.9 Å². The predicted octanol–water partition coefficient (Wildman–Crippen LogP) is 6.96. The van der Waals surface area contributed by atoms with E-state index in [1.807, 2.05) is 0 Å². The van der Waals surface area contributed by atoms with Crippen molar-refractivity contribution in [2.75, 3.05) is 0 Å². The van der Waals surface area contributed by atoms with Gasteiger partial charge < -0.3 is 5.32 Å². The normalized spacial score (nSPS) is 13.9. The summed E-state index contributed by atoms with van der Waals surface area (Å²) in [6.07, 6.45) is -3.40. The summed E-state index contributed by atoms with van der Waals surface area (Å²) >= 11 is 18.4. The standard InChI is InChI=1S/C23H14Cl3F3N4O/c24-12-3-1-11(2-4-12)19-15-10-16(22(34)30-14-6-7-14)20(23(27,28)29)31-21(15)32-33(19)18-8-5-13(25)9-17(18)26/h1-5,8-10,14H,6-7H2,(H,30,34). The average Bonchev–Trinajstić information content (AvgIpc) is 3.50. The van der Waals surface area contributed by atoms with Gasteiger partial charge in [0.2, 0.25) is 0 Å². The molecule has 0 saturated heterocycles. The molecule has 34 heavy (non-hydrogen) atoms. The topological polar surface area (TPSA) is 59.8 Å². The number of carbonyl (C=O) groups excluding carboxylic acids is 1. The first-order valence-electron chi connectivity index (χ1n) is 10.1. The van der Waals surface area contributed by atoms with E-state index in [-0.39, 0.29) is 22.1 Å². The molecule has 174 valence electrons. The van der Waals surface area contributed by atoms with E-state index in [0.29, 0.717) is 27.0 Å². The first-order chi connectivity index (χ1) is 16.1. The van der Waals surface area contributed by atoms with Crippen LogP contribution in [0.1, 0.15) is 28.9 Å². The molecule has 0 spiro atoms. The van der Waals surface area contributed by atoms with Gasteiger partial charge in [0.15, 0.2) is 11.3 Å². The summed E-state index contributed by atoms with van der Waals surface area (Å²) in [4.78, 5) is 16.5. The van der Waals surface area contributed by atoms with Crippen LogP contribution in [0.3, 0.4) is 0 Å². The van der Waals surface area contributed by atoms with E-state index >= 15 is 0 Å². The van der Waals surface area contributed by atoms with E-state index in [0.717, 1.165) is 12.8 Å². The quantitative estimate of drug-likeness (QED) is 0.313. The van der Waals surface area contributed by atoms with Crippen molar-refractivity contribution in [2.45, 2.75) is 25.1 Å². The van der Waals surface area contributed by atoms with Crippen LogP contribution in [0.5, 0.6) is 0 Å². The molecular formula is C23H14Cl3F3N4O. The van der Waals surface area contributed by atoms with E-state index in [9.17, 15) is 18.0 Å². The monoisotopic (exact) mass is 524 g/mol. The Morgan fingerprint density at radius 3 is 2.29 bits per heavy atom. The highest BCUT2D eigenvalue weighted by Crippen LogP contribution is 2.38. The molecule has 1 fully saturated rings. The highest BCUT2D eigenvalue weighted by Gasteiger charge is 2.39. The molecule has 0 atom stereocenters. The minimum atomic E-state index is -4.85. The van der Waals surface area contributed by atoms with Crippen LogP contribution in [-0.4, -0.2) is 26.7 Å². The van der Waals surface area contributed by atoms with Crippen molar-refractivity contribution in [3.05, 3.63) is 74.9 Å². The lowest BCUT2D eigenvalue weighted by molar-refractivity contribution is -0.141. The number of hydrogen-bond acceptors (Lipinski definition) is 3. The largest absolute Gasteiger partial charge is 0.434 e. The Hall–Kier alpha value is -2.81. The SMILES string of the molecule is O=C(NC1CC1)c1cc2c(-c3ccc(Cl)cc3)n(-c3ccc(Cl)cc3Cl)nc2nc1C(F)(F)F. The molecule has 2 aromatic heterocycles. The van der Waals surface area contributed by atoms with Gasteiger partial charge in [0, 0.05) is 27.0 Å². The molecule has 2 heterocycles. The number of aromatic nitrogens is 3. The van der Waals surface area contributed by atoms with Crippen molar-refractivity contribution < 1.29 is 18.0 Å². The van der Waals surface area contributed by atoms with Crippen LogP contribution in [0.2, 0.25) is 15.1 Å². The molecule has 0 unspecified atom stereocenters. The predicted molar refractivity (Wildman–Crippen MR) is 125 cm³/mol. The molecule has 5 rings (SSSR count). The van der Waals surface area contributed by atoms with Crippen LogP contribution in [0.4, 0.5) is 13.2 Å². The maximum atomic E-state index is 13.9. The summed E-state index contributed by atoms with van der Waals surface area (Å²) in [7, 11) is 0. The van der Waals surface area contributed by atoms with Crippen molar-refractivity contribution in [1.82, 2.24) is 20.1 Å². The third-order valence-electron chi connectivity index (χ3n) is 5.35. The van der Waals surface area contributed by atoms with Gasteiger partial charge in [-0.25, -0.2) is 9.67 Å². The highest BCUT2D eigenvalue weighted by atomic mass is 35.5. The molecule has 1 N–H and O–H groups in total. The van der Waals surface area contributed by atoms with Gasteiger partial charge in [0.25, 0.3) is 5.91 Å². The summed E-state index contributed by atoms with van der Waals surface area (Å²) in [5, 5.41) is 8.29. The fourth-order valence-corrected chi connectivity index (χ4v) is 4.22. The molecule has 0 radical (unpaired) electrons. The fraction of sp³-hybridized carbons (Fsp3) is 0.174. The average molecular weight is 526 g/mol. The molecule has 1 saturated carbocycles. The molecule has 1 aliphatic carbocycles. The van der Waals surface area contributed by atoms with Gasteiger partial charge in [0.1, 0.15) is 0 Å². The number of nitrogens with zero attached hydrogens (tertiary/aromatic N) is 3. The van der Waals surface area contributed by atoms with Gasteiger partial charge in [-0.05, 0) is 49.2 Å². The molecule has 1 aliphatic rings. The second-order valence-corrected chi connectivity index (χ2v) is 9.14. The van der Waals surface area contributed by atoms with E-state index in [1.165, 1.54) is 16.8 Å². The summed E-state index contributed by atoms with van der Waals surface area (Å²) in [5.41, 5.74) is -0.681. The molecule has 2 aromatic carbocycles. The number of carbonyl (C=O) groups is 1. The third-order valence-corrected chi connectivity index (χ3v) is 6.14. The minimum Gasteiger partial charge on any atom is -0.349 e. The Labute approximate surface area is 206 Å². The Kier molecular flexibility index (Phi) is 5.70. The summed E-state index contributed by atoms with van der Waals surface area (Å²) in [6, 6.07) is 12.4. The number of alkyl halides is 3. The number of pyridine rings is 1. The second kappa shape index (κ2) is 8.45. The fourth-order valence-electron chi connectivity index (χ4n) is 3.61. The summed E-state index contributed by atoms with van der Waals surface area (Å²) in [6.45, 7) is 0. The van der Waals surface area contributed by atoms with Crippen molar-refractivity contribution in [2.24, 2.45) is 0 Å². The zero-order valence-corrected chi connectivity index (χ0v) is 19.4. The molecule has 0 bridgehead atoms. The zero-order valence-electron chi connectivity index (χ0n) is 17.1. The summed E-state index contributed by atoms with van der Waals surface area (Å²) in [5.74, 6) is -0.830. The van der Waals surface area contributed by atoms with Crippen LogP contribution in [0.15, 0.2) is 48.5 Å². The molecule has 5 nitrogen and oxygen atoms in total. The first-order valence-corrected chi connectivity index (χ1v) is 11.3. The van der Waals surface area contributed by atoms with Gasteiger partial charge in [-0.2, -0.15) is 13.2 Å². The lowest BCUT2D eigenvalue weighted by Gasteiger charge is -2.12. The molecule has 1 amide bonds. The third kappa shape index (κ3) is 4.33. The van der Waals surface area contributed by atoms with Crippen molar-refractivity contribution in [3.63, 3.8) is 0 Å². The van der Waals surface area contributed by atoms with Gasteiger partial charge >= 0.3 is 6.18 Å². The Morgan fingerprint density at radius 1 is 1.00 bits per heavy atom. The first kappa shape index (κ1) is 23.0. The number of amides is 1. The second-order valence-electron chi connectivity index (χ2n) is 7.86. The molecule has 0 aliphatic heterocycles. The van der Waals surface area contributed by atoms with E-state index < -0.39 is 23.3 Å². The maximum Gasteiger partial charge on any atom is 0.434 e. The van der Waals surface area contributed by atoms with Gasteiger partial charge in [-0.15, -0.1) is 5.10 Å². The highest BCUT2D eigenvalue weighted by molar-refractivity contribution is 6.35. The summed E-state index contributed by atoms with van der Waals surface area (Å²) < 4.78 is 43.0. The van der Waals surface area contributed by atoms with E-state index in [2.05, 4.69) is 15.4 Å². The minimum absolute atomic E-state index is 0.129. The lowest BCUT2D eigenvalue weighted by Crippen LogP contribution is -2.28. The van der Waals surface area contributed by atoms with Gasteiger partial charge in [-0.3, -0.25) is 4.79 Å². The number of nitrogens with one attached hydrogen (secondary N) is 1. The molecule has 4 aromatic rings. The smallest absolute Gasteiger partial charge is 0.349 e. The van der Waals surface area contributed by atoms with Crippen LogP contribution in [0, 0.1) is 0 Å². The Bertz CT molecular complexity index is 1430. The van der Waals surface area contributed by atoms with Crippen LogP contribution < -0.4 is 5.32 Å². The van der Waals surface area contributed by atoms with E-state index in [1.54, 1.807) is 36.4 Å². The Balaban J connectivity index is 1.81. The van der Waals surface area contributed by atoms with Crippen molar-refractivity contribution >= 4 is 51.7 Å².